The van der Waals surface area contributed by atoms with E-state index in [9.17, 15) is 4.39 Å². The fraction of sp³-hybridized carbons (Fsp3) is 0.200. The molecule has 0 aliphatic carbocycles. The summed E-state index contributed by atoms with van der Waals surface area (Å²) in [5.41, 5.74) is 7.63. The second-order valence-electron chi connectivity index (χ2n) is 4.40. The van der Waals surface area contributed by atoms with Crippen molar-refractivity contribution in [1.29, 1.82) is 0 Å². The van der Waals surface area contributed by atoms with Gasteiger partial charge in [-0.2, -0.15) is 0 Å². The summed E-state index contributed by atoms with van der Waals surface area (Å²) in [6, 6.07) is 8.19. The van der Waals surface area contributed by atoms with E-state index >= 15 is 0 Å². The normalized spacial score (nSPS) is 10.3. The van der Waals surface area contributed by atoms with Gasteiger partial charge in [0.1, 0.15) is 5.82 Å². The summed E-state index contributed by atoms with van der Waals surface area (Å²) in [6.45, 7) is 0.464. The first-order valence-corrected chi connectivity index (χ1v) is 6.62. The van der Waals surface area contributed by atoms with Crippen molar-refractivity contribution < 1.29 is 13.9 Å². The van der Waals surface area contributed by atoms with Crippen LogP contribution in [0.15, 0.2) is 30.3 Å². The highest BCUT2D eigenvalue weighted by atomic mass is 35.5. The molecular weight excluding hydrogens is 295 g/mol. The Kier molecular flexibility index (Phi) is 4.75. The summed E-state index contributed by atoms with van der Waals surface area (Å²) < 4.78 is 23.8. The Morgan fingerprint density at radius 2 is 1.86 bits per heavy atom. The van der Waals surface area contributed by atoms with Gasteiger partial charge in [0.15, 0.2) is 11.5 Å². The third-order valence-corrected chi connectivity index (χ3v) is 3.31. The molecule has 2 aromatic carbocycles. The smallest absolute Gasteiger partial charge is 0.161 e. The monoisotopic (exact) mass is 310 g/mol. The Hall–Kier alpha value is -2.14. The van der Waals surface area contributed by atoms with E-state index in [4.69, 9.17) is 26.8 Å². The SMILES string of the molecule is COc1ccc(CNc2cc(F)c(Cl)cc2N)cc1OC. The van der Waals surface area contributed by atoms with Gasteiger partial charge >= 0.3 is 0 Å². The maximum atomic E-state index is 13.4. The van der Waals surface area contributed by atoms with Crippen molar-refractivity contribution in [1.82, 2.24) is 0 Å². The van der Waals surface area contributed by atoms with Crippen LogP contribution in [0.3, 0.4) is 0 Å². The van der Waals surface area contributed by atoms with Gasteiger partial charge in [0.05, 0.1) is 30.6 Å². The third-order valence-electron chi connectivity index (χ3n) is 3.02. The lowest BCUT2D eigenvalue weighted by Crippen LogP contribution is -2.04. The minimum atomic E-state index is -0.513. The van der Waals surface area contributed by atoms with E-state index in [1.807, 2.05) is 18.2 Å². The van der Waals surface area contributed by atoms with E-state index in [2.05, 4.69) is 5.32 Å². The van der Waals surface area contributed by atoms with E-state index in [1.54, 1.807) is 14.2 Å². The molecule has 0 aromatic heterocycles. The van der Waals surface area contributed by atoms with Gasteiger partial charge in [-0.15, -0.1) is 0 Å². The molecule has 0 saturated heterocycles. The second-order valence-corrected chi connectivity index (χ2v) is 4.80. The number of hydrogen-bond acceptors (Lipinski definition) is 4. The molecule has 0 saturated carbocycles. The molecule has 0 unspecified atom stereocenters. The number of ether oxygens (including phenoxy) is 2. The van der Waals surface area contributed by atoms with Crippen LogP contribution < -0.4 is 20.5 Å². The molecule has 0 atom stereocenters. The highest BCUT2D eigenvalue weighted by Gasteiger charge is 2.08. The molecule has 4 nitrogen and oxygen atoms in total. The van der Waals surface area contributed by atoms with Gasteiger partial charge in [-0.25, -0.2) is 4.39 Å². The van der Waals surface area contributed by atoms with Crippen LogP contribution in [-0.4, -0.2) is 14.2 Å². The second kappa shape index (κ2) is 6.54. The number of halogens is 2. The minimum Gasteiger partial charge on any atom is -0.493 e. The number of rotatable bonds is 5. The Bertz CT molecular complexity index is 650. The zero-order chi connectivity index (χ0) is 15.4. The Balaban J connectivity index is 2.15. The van der Waals surface area contributed by atoms with Crippen LogP contribution >= 0.6 is 11.6 Å². The Labute approximate surface area is 127 Å². The van der Waals surface area contributed by atoms with Crippen LogP contribution in [0, 0.1) is 5.82 Å². The molecule has 0 bridgehead atoms. The predicted octanol–water partition coefficient (Wildman–Crippen LogP) is 3.69. The Morgan fingerprint density at radius 3 is 2.52 bits per heavy atom. The molecule has 0 aliphatic heterocycles. The van der Waals surface area contributed by atoms with Gasteiger partial charge in [0.25, 0.3) is 0 Å². The van der Waals surface area contributed by atoms with E-state index in [0.29, 0.717) is 29.4 Å². The molecule has 0 heterocycles. The van der Waals surface area contributed by atoms with E-state index in [0.717, 1.165) is 5.56 Å². The topological polar surface area (TPSA) is 56.5 Å². The van der Waals surface area contributed by atoms with Crippen LogP contribution in [0.25, 0.3) is 0 Å². The van der Waals surface area contributed by atoms with Crippen molar-refractivity contribution in [3.05, 3.63) is 46.7 Å². The van der Waals surface area contributed by atoms with Crippen LogP contribution in [0.1, 0.15) is 5.56 Å². The van der Waals surface area contributed by atoms with Gasteiger partial charge in [0.2, 0.25) is 0 Å². The number of anilines is 2. The summed E-state index contributed by atoms with van der Waals surface area (Å²) in [5.74, 6) is 0.769. The highest BCUT2D eigenvalue weighted by Crippen LogP contribution is 2.29. The minimum absolute atomic E-state index is 0.00386. The fourth-order valence-corrected chi connectivity index (χ4v) is 2.08. The molecule has 3 N–H and O–H groups in total. The fourth-order valence-electron chi connectivity index (χ4n) is 1.90. The number of nitrogens with two attached hydrogens (primary N) is 1. The summed E-state index contributed by atoms with van der Waals surface area (Å²) >= 11 is 5.66. The lowest BCUT2D eigenvalue weighted by molar-refractivity contribution is 0.354. The van der Waals surface area contributed by atoms with Crippen LogP contribution in [-0.2, 0) is 6.54 Å². The zero-order valence-corrected chi connectivity index (χ0v) is 12.5. The molecule has 6 heteroatoms. The molecule has 0 radical (unpaired) electrons. The predicted molar refractivity (Wildman–Crippen MR) is 82.7 cm³/mol. The van der Waals surface area contributed by atoms with Crippen molar-refractivity contribution >= 4 is 23.0 Å². The van der Waals surface area contributed by atoms with E-state index in [1.165, 1.54) is 12.1 Å². The van der Waals surface area contributed by atoms with Gasteiger partial charge < -0.3 is 20.5 Å². The zero-order valence-electron chi connectivity index (χ0n) is 11.7. The van der Waals surface area contributed by atoms with Gasteiger partial charge in [-0.05, 0) is 23.8 Å². The first kappa shape index (κ1) is 15.3. The maximum absolute atomic E-state index is 13.4. The standard InChI is InChI=1S/C15H16ClFN2O2/c1-20-14-4-3-9(5-15(14)21-2)8-19-13-7-11(17)10(16)6-12(13)18/h3-7,19H,8,18H2,1-2H3. The van der Waals surface area contributed by atoms with Crippen molar-refractivity contribution in [3.63, 3.8) is 0 Å². The molecule has 2 aromatic rings. The van der Waals surface area contributed by atoms with Crippen LogP contribution in [0.4, 0.5) is 15.8 Å². The largest absolute Gasteiger partial charge is 0.493 e. The average molecular weight is 311 g/mol. The summed E-state index contributed by atoms with van der Waals surface area (Å²) in [6.07, 6.45) is 0. The molecule has 21 heavy (non-hydrogen) atoms. The molecule has 0 spiro atoms. The molecular formula is C15H16ClFN2O2. The van der Waals surface area contributed by atoms with Crippen molar-refractivity contribution in [2.45, 2.75) is 6.54 Å². The van der Waals surface area contributed by atoms with E-state index < -0.39 is 5.82 Å². The number of benzene rings is 2. The highest BCUT2D eigenvalue weighted by molar-refractivity contribution is 6.31. The van der Waals surface area contributed by atoms with Crippen LogP contribution in [0.2, 0.25) is 5.02 Å². The molecule has 112 valence electrons. The lowest BCUT2D eigenvalue weighted by atomic mass is 10.2. The number of hydrogen-bond donors (Lipinski definition) is 2. The number of methoxy groups -OCH3 is 2. The van der Waals surface area contributed by atoms with Gasteiger partial charge in [0, 0.05) is 12.6 Å². The van der Waals surface area contributed by atoms with Crippen LogP contribution in [0.5, 0.6) is 11.5 Å². The third kappa shape index (κ3) is 3.49. The summed E-state index contributed by atoms with van der Waals surface area (Å²) in [7, 11) is 3.15. The summed E-state index contributed by atoms with van der Waals surface area (Å²) in [4.78, 5) is 0. The van der Waals surface area contributed by atoms with Crippen molar-refractivity contribution in [2.75, 3.05) is 25.3 Å². The average Bonchev–Trinajstić information content (AvgIpc) is 2.49. The maximum Gasteiger partial charge on any atom is 0.161 e. The molecule has 0 aliphatic rings. The summed E-state index contributed by atoms with van der Waals surface area (Å²) in [5, 5.41) is 3.07. The molecule has 2 rings (SSSR count). The molecule has 0 fully saturated rings. The Morgan fingerprint density at radius 1 is 1.14 bits per heavy atom. The first-order chi connectivity index (χ1) is 10.0. The molecule has 0 amide bonds. The lowest BCUT2D eigenvalue weighted by Gasteiger charge is -2.12. The van der Waals surface area contributed by atoms with Gasteiger partial charge in [-0.1, -0.05) is 17.7 Å². The van der Waals surface area contributed by atoms with Crippen molar-refractivity contribution in [2.24, 2.45) is 0 Å². The van der Waals surface area contributed by atoms with E-state index in [-0.39, 0.29) is 5.02 Å². The number of nitrogen functional groups attached to an aromatic ring is 1. The quantitative estimate of drug-likeness (QED) is 0.827. The number of nitrogens with one attached hydrogen (secondary N) is 1. The van der Waals surface area contributed by atoms with Gasteiger partial charge in [-0.3, -0.25) is 0 Å². The van der Waals surface area contributed by atoms with Crippen molar-refractivity contribution in [3.8, 4) is 11.5 Å². The first-order valence-electron chi connectivity index (χ1n) is 6.24.